The van der Waals surface area contributed by atoms with Crippen LogP contribution in [-0.4, -0.2) is 65.9 Å². The number of carbonyl (C=O) groups excluding carboxylic acids is 1. The van der Waals surface area contributed by atoms with Gasteiger partial charge in [-0.25, -0.2) is 14.9 Å². The number of fused-ring (bicyclic) bond motifs is 2. The highest BCUT2D eigenvalue weighted by molar-refractivity contribution is 7.99. The van der Waals surface area contributed by atoms with Gasteiger partial charge in [0.1, 0.15) is 11.9 Å². The molecule has 0 saturated heterocycles. The first kappa shape index (κ1) is 25.9. The molecule has 198 valence electrons. The Bertz CT molecular complexity index is 1630. The van der Waals surface area contributed by atoms with Crippen molar-refractivity contribution in [2.45, 2.75) is 37.0 Å². The SMILES string of the molecule is C#CCN(c1ccc(C(=O)N[C@@H](CSc2nnn[nH]2)C(=O)O)cc1)C1CCc2cc3nc(C)[nH]c(=O)c3cc21. The van der Waals surface area contributed by atoms with Crippen molar-refractivity contribution in [1.82, 2.24) is 35.9 Å². The third-order valence-electron chi connectivity index (χ3n) is 6.55. The zero-order valence-electron chi connectivity index (χ0n) is 20.8. The lowest BCUT2D eigenvalue weighted by Gasteiger charge is -2.30. The van der Waals surface area contributed by atoms with Crippen LogP contribution >= 0.6 is 11.8 Å². The maximum atomic E-state index is 12.8. The number of rotatable bonds is 9. The van der Waals surface area contributed by atoms with E-state index >= 15 is 0 Å². The number of aryl methyl sites for hydroxylation is 2. The number of tetrazole rings is 1. The smallest absolute Gasteiger partial charge is 0.327 e. The van der Waals surface area contributed by atoms with Gasteiger partial charge in [0.2, 0.25) is 5.16 Å². The summed E-state index contributed by atoms with van der Waals surface area (Å²) in [5, 5.41) is 26.1. The summed E-state index contributed by atoms with van der Waals surface area (Å²) in [5.41, 5.74) is 3.76. The number of carboxylic acid groups (broad SMARTS) is 1. The van der Waals surface area contributed by atoms with Crippen molar-refractivity contribution in [3.05, 3.63) is 69.3 Å². The molecule has 2 aromatic carbocycles. The standard InChI is InChI=1S/C26H24N8O4S/c1-3-10-34(22-9-6-16-11-20-19(12-18(16)22)24(36)28-14(2)27-20)17-7-4-15(5-8-17)23(35)29-21(25(37)38)13-39-26-30-32-33-31-26/h1,4-5,7-8,11-12,21-22H,6,9-10,13H2,2H3,(H,29,35)(H,37,38)(H,27,28,36)(H,30,31,32,33)/t21-,22?/m0/s1. The zero-order valence-corrected chi connectivity index (χ0v) is 21.7. The number of amides is 1. The molecule has 4 N–H and O–H groups in total. The normalized spacial score (nSPS) is 14.9. The Balaban J connectivity index is 1.35. The van der Waals surface area contributed by atoms with E-state index in [0.717, 1.165) is 41.4 Å². The van der Waals surface area contributed by atoms with E-state index in [1.165, 1.54) is 0 Å². The molecule has 4 aromatic rings. The highest BCUT2D eigenvalue weighted by atomic mass is 32.2. The van der Waals surface area contributed by atoms with Crippen LogP contribution in [0.5, 0.6) is 0 Å². The summed E-state index contributed by atoms with van der Waals surface area (Å²) in [6, 6.07) is 9.52. The number of benzene rings is 2. The highest BCUT2D eigenvalue weighted by Gasteiger charge is 2.29. The van der Waals surface area contributed by atoms with Gasteiger partial charge in [0.15, 0.2) is 0 Å². The molecule has 0 aliphatic heterocycles. The van der Waals surface area contributed by atoms with Crippen LogP contribution in [0.3, 0.4) is 0 Å². The minimum atomic E-state index is -1.17. The molecular formula is C26H24N8O4S. The molecule has 2 heterocycles. The predicted molar refractivity (Wildman–Crippen MR) is 145 cm³/mol. The minimum absolute atomic E-state index is 0.0413. The molecule has 0 saturated carbocycles. The first-order valence-corrected chi connectivity index (χ1v) is 13.1. The van der Waals surface area contributed by atoms with Gasteiger partial charge in [0.25, 0.3) is 11.5 Å². The van der Waals surface area contributed by atoms with Gasteiger partial charge in [0.05, 0.1) is 23.5 Å². The van der Waals surface area contributed by atoms with Crippen LogP contribution in [0.15, 0.2) is 46.3 Å². The number of aromatic nitrogens is 6. The molecule has 1 amide bonds. The van der Waals surface area contributed by atoms with Crippen LogP contribution < -0.4 is 15.8 Å². The number of thioether (sulfide) groups is 1. The maximum Gasteiger partial charge on any atom is 0.327 e. The maximum absolute atomic E-state index is 12.8. The summed E-state index contributed by atoms with van der Waals surface area (Å²) < 4.78 is 0. The van der Waals surface area contributed by atoms with Crippen LogP contribution in [0.1, 0.15) is 39.8 Å². The number of carboxylic acids is 1. The molecule has 13 heteroatoms. The Labute approximate surface area is 226 Å². The molecule has 1 aliphatic rings. The molecule has 1 aliphatic carbocycles. The number of terminal acetylenes is 1. The van der Waals surface area contributed by atoms with Gasteiger partial charge in [-0.3, -0.25) is 9.59 Å². The minimum Gasteiger partial charge on any atom is -0.480 e. The first-order chi connectivity index (χ1) is 18.8. The third kappa shape index (κ3) is 5.46. The van der Waals surface area contributed by atoms with E-state index in [2.05, 4.69) is 46.7 Å². The number of anilines is 1. The number of aromatic amines is 2. The summed E-state index contributed by atoms with van der Waals surface area (Å²) in [4.78, 5) is 46.3. The topological polar surface area (TPSA) is 170 Å². The van der Waals surface area contributed by atoms with E-state index in [9.17, 15) is 19.5 Å². The molecule has 39 heavy (non-hydrogen) atoms. The molecule has 0 spiro atoms. The van der Waals surface area contributed by atoms with E-state index in [-0.39, 0.29) is 17.4 Å². The molecule has 0 fully saturated rings. The second kappa shape index (κ2) is 11.0. The Morgan fingerprint density at radius 2 is 2.10 bits per heavy atom. The van der Waals surface area contributed by atoms with Crippen molar-refractivity contribution in [1.29, 1.82) is 0 Å². The summed E-state index contributed by atoms with van der Waals surface area (Å²) in [5.74, 6) is 1.64. The average Bonchev–Trinajstić information content (AvgIpc) is 3.58. The Morgan fingerprint density at radius 3 is 2.79 bits per heavy atom. The fourth-order valence-electron chi connectivity index (χ4n) is 4.74. The molecule has 2 atom stereocenters. The lowest BCUT2D eigenvalue weighted by Crippen LogP contribution is -2.42. The number of hydrogen-bond donors (Lipinski definition) is 4. The van der Waals surface area contributed by atoms with E-state index in [4.69, 9.17) is 6.42 Å². The van der Waals surface area contributed by atoms with Gasteiger partial charge in [-0.2, -0.15) is 0 Å². The van der Waals surface area contributed by atoms with Crippen molar-refractivity contribution < 1.29 is 14.7 Å². The Hall–Kier alpha value is -4.70. The first-order valence-electron chi connectivity index (χ1n) is 12.1. The number of hydrogen-bond acceptors (Lipinski definition) is 9. The van der Waals surface area contributed by atoms with Crippen molar-refractivity contribution >= 4 is 40.2 Å². The third-order valence-corrected chi connectivity index (χ3v) is 7.49. The van der Waals surface area contributed by atoms with Crippen LogP contribution in [0, 0.1) is 19.3 Å². The van der Waals surface area contributed by atoms with Gasteiger partial charge in [-0.1, -0.05) is 17.7 Å². The van der Waals surface area contributed by atoms with Gasteiger partial charge in [-0.15, -0.1) is 11.5 Å². The number of nitrogens with zero attached hydrogens (tertiary/aromatic N) is 5. The number of nitrogens with one attached hydrogen (secondary N) is 3. The van der Waals surface area contributed by atoms with Crippen molar-refractivity contribution in [3.8, 4) is 12.3 Å². The molecule has 0 bridgehead atoms. The lowest BCUT2D eigenvalue weighted by molar-refractivity contribution is -0.138. The van der Waals surface area contributed by atoms with Crippen LogP contribution in [-0.2, 0) is 11.2 Å². The molecule has 2 aromatic heterocycles. The summed E-state index contributed by atoms with van der Waals surface area (Å²) >= 11 is 1.09. The molecule has 0 radical (unpaired) electrons. The van der Waals surface area contributed by atoms with E-state index in [1.54, 1.807) is 31.2 Å². The van der Waals surface area contributed by atoms with Crippen molar-refractivity contribution in [3.63, 3.8) is 0 Å². The van der Waals surface area contributed by atoms with Crippen LogP contribution in [0.25, 0.3) is 10.9 Å². The fourth-order valence-corrected chi connectivity index (χ4v) is 5.49. The number of aliphatic carboxylic acids is 1. The zero-order chi connectivity index (χ0) is 27.5. The molecular weight excluding hydrogens is 520 g/mol. The second-order valence-electron chi connectivity index (χ2n) is 9.03. The summed E-state index contributed by atoms with van der Waals surface area (Å²) in [7, 11) is 0. The quantitative estimate of drug-likeness (QED) is 0.180. The van der Waals surface area contributed by atoms with Gasteiger partial charge in [-0.05, 0) is 77.7 Å². The molecule has 1 unspecified atom stereocenters. The number of carbonyl (C=O) groups is 2. The van der Waals surface area contributed by atoms with E-state index in [0.29, 0.717) is 34.0 Å². The predicted octanol–water partition coefficient (Wildman–Crippen LogP) is 1.85. The summed E-state index contributed by atoms with van der Waals surface area (Å²) in [6.07, 6.45) is 7.35. The molecule has 5 rings (SSSR count). The van der Waals surface area contributed by atoms with Gasteiger partial charge in [0, 0.05) is 17.0 Å². The van der Waals surface area contributed by atoms with Crippen molar-refractivity contribution in [2.75, 3.05) is 17.2 Å². The Kier molecular flexibility index (Phi) is 7.29. The lowest BCUT2D eigenvalue weighted by atomic mass is 10.0. The van der Waals surface area contributed by atoms with Crippen molar-refractivity contribution in [2.24, 2.45) is 0 Å². The van der Waals surface area contributed by atoms with Gasteiger partial charge >= 0.3 is 5.97 Å². The van der Waals surface area contributed by atoms with Crippen LogP contribution in [0.2, 0.25) is 0 Å². The molecule has 12 nitrogen and oxygen atoms in total. The van der Waals surface area contributed by atoms with Gasteiger partial charge < -0.3 is 20.3 Å². The average molecular weight is 545 g/mol. The van der Waals surface area contributed by atoms with Crippen LogP contribution in [0.4, 0.5) is 5.69 Å². The Morgan fingerprint density at radius 1 is 1.31 bits per heavy atom. The highest BCUT2D eigenvalue weighted by Crippen LogP contribution is 2.39. The second-order valence-corrected chi connectivity index (χ2v) is 10.0. The van der Waals surface area contributed by atoms with E-state index in [1.807, 2.05) is 12.1 Å². The van der Waals surface area contributed by atoms with E-state index < -0.39 is 17.9 Å². The number of H-pyrrole nitrogens is 2. The summed E-state index contributed by atoms with van der Waals surface area (Å²) in [6.45, 7) is 2.08. The largest absolute Gasteiger partial charge is 0.480 e. The fraction of sp³-hybridized carbons (Fsp3) is 0.269. The monoisotopic (exact) mass is 544 g/mol.